The summed E-state index contributed by atoms with van der Waals surface area (Å²) < 4.78 is 16.8. The molecule has 0 aliphatic carbocycles. The number of carbonyl (C=O) groups excluding carboxylic acids is 1. The number of carbonyl (C=O) groups is 1. The molecule has 0 aromatic carbocycles. The average molecular weight is 320 g/mol. The summed E-state index contributed by atoms with van der Waals surface area (Å²) in [5.74, 6) is 2.57. The Morgan fingerprint density at radius 2 is 1.74 bits per heavy atom. The van der Waals surface area contributed by atoms with Gasteiger partial charge in [0.25, 0.3) is 0 Å². The number of hydrogen-bond acceptors (Lipinski definition) is 5. The number of ether oxygens (including phenoxy) is 2. The topological polar surface area (TPSA) is 64.8 Å². The molecule has 0 spiro atoms. The first kappa shape index (κ1) is 15.1. The molecule has 23 heavy (non-hydrogen) atoms. The predicted molar refractivity (Wildman–Crippen MR) is 82.0 cm³/mol. The molecule has 0 unspecified atom stereocenters. The van der Waals surface area contributed by atoms with Crippen molar-refractivity contribution in [2.45, 2.75) is 44.6 Å². The Hall–Kier alpha value is -1.40. The second-order valence-electron chi connectivity index (χ2n) is 6.71. The molecule has 0 N–H and O–H groups in total. The Morgan fingerprint density at radius 1 is 1.04 bits per heavy atom. The van der Waals surface area contributed by atoms with Gasteiger partial charge in [-0.05, 0) is 25.7 Å². The fourth-order valence-corrected chi connectivity index (χ4v) is 3.73. The lowest BCUT2D eigenvalue weighted by Gasteiger charge is -2.30. The van der Waals surface area contributed by atoms with Crippen LogP contribution in [-0.4, -0.2) is 48.8 Å². The molecule has 1 aromatic heterocycles. The van der Waals surface area contributed by atoms with Gasteiger partial charge in [0.2, 0.25) is 5.91 Å². The number of amides is 1. The minimum absolute atomic E-state index is 0.118. The van der Waals surface area contributed by atoms with Crippen molar-refractivity contribution in [1.29, 1.82) is 0 Å². The van der Waals surface area contributed by atoms with Gasteiger partial charge in [0, 0.05) is 51.2 Å². The molecule has 1 aromatic rings. The Balaban J connectivity index is 1.44. The lowest BCUT2D eigenvalue weighted by molar-refractivity contribution is -0.139. The molecule has 6 nitrogen and oxygen atoms in total. The van der Waals surface area contributed by atoms with Gasteiger partial charge in [-0.15, -0.1) is 0 Å². The lowest BCUT2D eigenvalue weighted by atomic mass is 9.97. The van der Waals surface area contributed by atoms with Gasteiger partial charge in [-0.2, -0.15) is 0 Å². The van der Waals surface area contributed by atoms with E-state index in [9.17, 15) is 4.79 Å². The van der Waals surface area contributed by atoms with Crippen molar-refractivity contribution in [3.8, 4) is 0 Å². The maximum atomic E-state index is 12.7. The van der Waals surface area contributed by atoms with Gasteiger partial charge in [-0.25, -0.2) is 4.98 Å². The minimum Gasteiger partial charge on any atom is -0.445 e. The largest absolute Gasteiger partial charge is 0.445 e. The van der Waals surface area contributed by atoms with E-state index in [1.165, 1.54) is 0 Å². The molecule has 3 aliphatic rings. The normalized spacial score (nSPS) is 23.7. The SMILES string of the molecule is O=C(C1CCOCC1)N1CCc2oc(C3CCOCC3)nc2C1. The molecule has 4 heterocycles. The van der Waals surface area contributed by atoms with Crippen LogP contribution in [0.2, 0.25) is 0 Å². The summed E-state index contributed by atoms with van der Waals surface area (Å²) in [7, 11) is 0. The lowest BCUT2D eigenvalue weighted by Crippen LogP contribution is -2.41. The first-order valence-electron chi connectivity index (χ1n) is 8.74. The number of nitrogens with zero attached hydrogens (tertiary/aromatic N) is 2. The number of aromatic nitrogens is 1. The molecule has 1 amide bonds. The Morgan fingerprint density at radius 3 is 2.48 bits per heavy atom. The van der Waals surface area contributed by atoms with Gasteiger partial charge in [0.15, 0.2) is 5.89 Å². The summed E-state index contributed by atoms with van der Waals surface area (Å²) in [5, 5.41) is 0. The first-order chi connectivity index (χ1) is 11.3. The van der Waals surface area contributed by atoms with E-state index in [0.29, 0.717) is 25.7 Å². The minimum atomic E-state index is 0.118. The zero-order valence-corrected chi connectivity index (χ0v) is 13.5. The van der Waals surface area contributed by atoms with E-state index in [4.69, 9.17) is 18.9 Å². The van der Waals surface area contributed by atoms with Crippen molar-refractivity contribution in [2.75, 3.05) is 33.0 Å². The molecule has 3 aliphatic heterocycles. The van der Waals surface area contributed by atoms with Gasteiger partial charge in [-0.1, -0.05) is 0 Å². The molecule has 0 saturated carbocycles. The van der Waals surface area contributed by atoms with Crippen LogP contribution in [-0.2, 0) is 27.2 Å². The fourth-order valence-electron chi connectivity index (χ4n) is 3.73. The highest BCUT2D eigenvalue weighted by Gasteiger charge is 2.32. The number of rotatable bonds is 2. The second kappa shape index (κ2) is 6.61. The summed E-state index contributed by atoms with van der Waals surface area (Å²) in [6, 6.07) is 0. The molecule has 0 bridgehead atoms. The monoisotopic (exact) mass is 320 g/mol. The third-order valence-corrected chi connectivity index (χ3v) is 5.20. The molecule has 2 saturated heterocycles. The highest BCUT2D eigenvalue weighted by molar-refractivity contribution is 5.79. The summed E-state index contributed by atoms with van der Waals surface area (Å²) in [4.78, 5) is 19.3. The molecule has 4 rings (SSSR count). The van der Waals surface area contributed by atoms with Crippen LogP contribution in [0.15, 0.2) is 4.42 Å². The number of fused-ring (bicyclic) bond motifs is 1. The van der Waals surface area contributed by atoms with Crippen LogP contribution in [0.3, 0.4) is 0 Å². The third-order valence-electron chi connectivity index (χ3n) is 5.20. The zero-order chi connectivity index (χ0) is 15.6. The van der Waals surface area contributed by atoms with Crippen LogP contribution in [0.1, 0.15) is 48.9 Å². The molecule has 6 heteroatoms. The first-order valence-corrected chi connectivity index (χ1v) is 8.74. The summed E-state index contributed by atoms with van der Waals surface area (Å²) in [6.45, 7) is 4.31. The van der Waals surface area contributed by atoms with Crippen LogP contribution >= 0.6 is 0 Å². The van der Waals surface area contributed by atoms with Crippen molar-refractivity contribution in [1.82, 2.24) is 9.88 Å². The highest BCUT2D eigenvalue weighted by atomic mass is 16.5. The van der Waals surface area contributed by atoms with Gasteiger partial charge in [0.05, 0.1) is 6.54 Å². The predicted octanol–water partition coefficient (Wildman–Crippen LogP) is 1.88. The molecular formula is C17H24N2O4. The molecule has 126 valence electrons. The maximum Gasteiger partial charge on any atom is 0.226 e. The van der Waals surface area contributed by atoms with E-state index in [2.05, 4.69) is 0 Å². The van der Waals surface area contributed by atoms with Crippen molar-refractivity contribution in [2.24, 2.45) is 5.92 Å². The van der Waals surface area contributed by atoms with Gasteiger partial charge >= 0.3 is 0 Å². The van der Waals surface area contributed by atoms with Crippen molar-refractivity contribution < 1.29 is 18.7 Å². The van der Waals surface area contributed by atoms with Crippen molar-refractivity contribution >= 4 is 5.91 Å². The van der Waals surface area contributed by atoms with Crippen LogP contribution in [0.25, 0.3) is 0 Å². The average Bonchev–Trinajstić information content (AvgIpc) is 3.06. The van der Waals surface area contributed by atoms with Gasteiger partial charge < -0.3 is 18.8 Å². The van der Waals surface area contributed by atoms with E-state index in [1.54, 1.807) is 0 Å². The quantitative estimate of drug-likeness (QED) is 0.832. The summed E-state index contributed by atoms with van der Waals surface area (Å²) in [6.07, 6.45) is 4.41. The van der Waals surface area contributed by atoms with Crippen molar-refractivity contribution in [3.05, 3.63) is 17.3 Å². The maximum absolute atomic E-state index is 12.7. The van der Waals surface area contributed by atoms with Crippen LogP contribution in [0, 0.1) is 5.92 Å². The van der Waals surface area contributed by atoms with E-state index in [-0.39, 0.29) is 11.8 Å². The van der Waals surface area contributed by atoms with E-state index >= 15 is 0 Å². The van der Waals surface area contributed by atoms with Crippen LogP contribution in [0.5, 0.6) is 0 Å². The van der Waals surface area contributed by atoms with Gasteiger partial charge in [0.1, 0.15) is 11.5 Å². The zero-order valence-electron chi connectivity index (χ0n) is 13.5. The highest BCUT2D eigenvalue weighted by Crippen LogP contribution is 2.30. The fraction of sp³-hybridized carbons (Fsp3) is 0.765. The van der Waals surface area contributed by atoms with Crippen LogP contribution in [0.4, 0.5) is 0 Å². The molecular weight excluding hydrogens is 296 g/mol. The summed E-state index contributed by atoms with van der Waals surface area (Å²) in [5.41, 5.74) is 0.957. The number of oxazole rings is 1. The van der Waals surface area contributed by atoms with E-state index in [0.717, 1.165) is 69.2 Å². The second-order valence-corrected chi connectivity index (χ2v) is 6.71. The third kappa shape index (κ3) is 3.15. The Labute approximate surface area is 136 Å². The Bertz CT molecular complexity index is 559. The van der Waals surface area contributed by atoms with Crippen LogP contribution < -0.4 is 0 Å². The van der Waals surface area contributed by atoms with Gasteiger partial charge in [-0.3, -0.25) is 4.79 Å². The molecule has 2 fully saturated rings. The molecule has 0 atom stereocenters. The standard InChI is InChI=1S/C17H24N2O4/c20-17(13-4-9-22-10-5-13)19-6-1-15-14(11-19)18-16(23-15)12-2-7-21-8-3-12/h12-13H,1-11H2. The molecule has 0 radical (unpaired) electrons. The van der Waals surface area contributed by atoms with E-state index in [1.807, 2.05) is 4.90 Å². The summed E-state index contributed by atoms with van der Waals surface area (Å²) >= 11 is 0. The Kier molecular flexibility index (Phi) is 4.35. The van der Waals surface area contributed by atoms with E-state index < -0.39 is 0 Å². The number of hydrogen-bond donors (Lipinski definition) is 0. The van der Waals surface area contributed by atoms with Crippen molar-refractivity contribution in [3.63, 3.8) is 0 Å². The smallest absolute Gasteiger partial charge is 0.226 e.